The van der Waals surface area contributed by atoms with E-state index < -0.39 is 0 Å². The molecule has 0 atom stereocenters. The monoisotopic (exact) mass is 410 g/mol. The topological polar surface area (TPSA) is 98.9 Å². The van der Waals surface area contributed by atoms with Crippen LogP contribution in [0.15, 0.2) is 23.0 Å². The van der Waals surface area contributed by atoms with Crippen molar-refractivity contribution >= 4 is 44.1 Å². The van der Waals surface area contributed by atoms with Crippen LogP contribution < -0.4 is 11.0 Å². The van der Waals surface area contributed by atoms with Gasteiger partial charge in [0.15, 0.2) is 0 Å². The van der Waals surface area contributed by atoms with Crippen molar-refractivity contribution in [2.75, 3.05) is 31.6 Å². The Morgan fingerprint density at radius 1 is 1.17 bits per heavy atom. The van der Waals surface area contributed by atoms with E-state index in [9.17, 15) is 4.79 Å². The summed E-state index contributed by atoms with van der Waals surface area (Å²) in [7, 11) is 0. The molecule has 0 unspecified atom stereocenters. The number of benzene rings is 1. The number of aromatic amines is 2. The third kappa shape index (κ3) is 3.52. The minimum absolute atomic E-state index is 0.210. The predicted octanol–water partition coefficient (Wildman–Crippen LogP) is 3.05. The Balaban J connectivity index is 1.54. The quantitative estimate of drug-likeness (QED) is 0.478. The van der Waals surface area contributed by atoms with Crippen molar-refractivity contribution in [3.05, 3.63) is 44.9 Å². The van der Waals surface area contributed by atoms with Crippen LogP contribution in [0.5, 0.6) is 0 Å². The normalized spacial score (nSPS) is 15.4. The lowest BCUT2D eigenvalue weighted by Crippen LogP contribution is -2.36. The minimum atomic E-state index is -0.210. The summed E-state index contributed by atoms with van der Waals surface area (Å²) in [5.74, 6) is 1.61. The van der Waals surface area contributed by atoms with Gasteiger partial charge in [-0.1, -0.05) is 0 Å². The van der Waals surface area contributed by atoms with Crippen LogP contribution in [-0.2, 0) is 11.3 Å². The third-order valence-electron chi connectivity index (χ3n) is 5.32. The molecule has 5 rings (SSSR count). The SMILES string of the molecule is Cc1sc2nc(CN3CCOCC3)nc(Nc3ccc4[nH]c(=O)[nH]c4c3)c2c1C. The molecule has 0 radical (unpaired) electrons. The lowest BCUT2D eigenvalue weighted by molar-refractivity contribution is 0.0331. The van der Waals surface area contributed by atoms with Crippen molar-refractivity contribution in [1.82, 2.24) is 24.8 Å². The fourth-order valence-corrected chi connectivity index (χ4v) is 4.71. The van der Waals surface area contributed by atoms with Gasteiger partial charge in [-0.2, -0.15) is 0 Å². The average Bonchev–Trinajstić information content (AvgIpc) is 3.20. The van der Waals surface area contributed by atoms with E-state index in [1.807, 2.05) is 18.2 Å². The number of H-pyrrole nitrogens is 2. The maximum absolute atomic E-state index is 11.6. The highest BCUT2D eigenvalue weighted by atomic mass is 32.1. The van der Waals surface area contributed by atoms with Gasteiger partial charge in [0.05, 0.1) is 36.2 Å². The lowest BCUT2D eigenvalue weighted by atomic mass is 10.2. The van der Waals surface area contributed by atoms with E-state index in [1.165, 1.54) is 10.4 Å². The molecule has 29 heavy (non-hydrogen) atoms. The molecule has 1 saturated heterocycles. The molecule has 0 amide bonds. The van der Waals surface area contributed by atoms with Gasteiger partial charge in [0.25, 0.3) is 0 Å². The zero-order valence-electron chi connectivity index (χ0n) is 16.3. The van der Waals surface area contributed by atoms with E-state index in [2.05, 4.69) is 34.0 Å². The van der Waals surface area contributed by atoms with Crippen LogP contribution in [0.4, 0.5) is 11.5 Å². The predicted molar refractivity (Wildman–Crippen MR) is 115 cm³/mol. The van der Waals surface area contributed by atoms with Crippen molar-refractivity contribution < 1.29 is 4.74 Å². The second-order valence-electron chi connectivity index (χ2n) is 7.30. The first-order valence-corrected chi connectivity index (χ1v) is 10.4. The fraction of sp³-hybridized carbons (Fsp3) is 0.350. The molecule has 0 bridgehead atoms. The lowest BCUT2D eigenvalue weighted by Gasteiger charge is -2.25. The highest BCUT2D eigenvalue weighted by Gasteiger charge is 2.18. The van der Waals surface area contributed by atoms with Gasteiger partial charge >= 0.3 is 5.69 Å². The number of imidazole rings is 1. The summed E-state index contributed by atoms with van der Waals surface area (Å²) >= 11 is 1.70. The van der Waals surface area contributed by atoms with E-state index in [0.29, 0.717) is 6.54 Å². The molecule has 3 N–H and O–H groups in total. The van der Waals surface area contributed by atoms with Crippen LogP contribution >= 0.6 is 11.3 Å². The van der Waals surface area contributed by atoms with E-state index in [1.54, 1.807) is 11.3 Å². The van der Waals surface area contributed by atoms with Crippen molar-refractivity contribution in [2.45, 2.75) is 20.4 Å². The zero-order chi connectivity index (χ0) is 20.0. The number of hydrogen-bond acceptors (Lipinski definition) is 7. The average molecular weight is 411 g/mol. The molecule has 0 spiro atoms. The summed E-state index contributed by atoms with van der Waals surface area (Å²) in [4.78, 5) is 31.4. The highest BCUT2D eigenvalue weighted by Crippen LogP contribution is 2.35. The van der Waals surface area contributed by atoms with E-state index in [4.69, 9.17) is 14.7 Å². The number of morpholine rings is 1. The summed E-state index contributed by atoms with van der Waals surface area (Å²) in [5, 5.41) is 4.51. The maximum atomic E-state index is 11.6. The Kier molecular flexibility index (Phi) is 4.57. The van der Waals surface area contributed by atoms with Gasteiger partial charge in [-0.25, -0.2) is 14.8 Å². The number of anilines is 2. The Labute approximate surface area is 170 Å². The Morgan fingerprint density at radius 2 is 1.97 bits per heavy atom. The van der Waals surface area contributed by atoms with Crippen molar-refractivity contribution in [3.63, 3.8) is 0 Å². The van der Waals surface area contributed by atoms with Crippen LogP contribution in [0, 0.1) is 13.8 Å². The Bertz CT molecular complexity index is 1250. The molecule has 150 valence electrons. The molecule has 8 nitrogen and oxygen atoms in total. The highest BCUT2D eigenvalue weighted by molar-refractivity contribution is 7.18. The van der Waals surface area contributed by atoms with E-state index >= 15 is 0 Å². The third-order valence-corrected chi connectivity index (χ3v) is 6.42. The first kappa shape index (κ1) is 18.3. The van der Waals surface area contributed by atoms with Gasteiger partial charge in [-0.15, -0.1) is 11.3 Å². The summed E-state index contributed by atoms with van der Waals surface area (Å²) in [6.07, 6.45) is 0. The Morgan fingerprint density at radius 3 is 2.79 bits per heavy atom. The van der Waals surface area contributed by atoms with Crippen LogP contribution in [0.1, 0.15) is 16.3 Å². The molecule has 0 saturated carbocycles. The number of ether oxygens (including phenoxy) is 1. The van der Waals surface area contributed by atoms with Gasteiger partial charge in [0, 0.05) is 23.7 Å². The number of thiophene rings is 1. The van der Waals surface area contributed by atoms with Crippen LogP contribution in [0.3, 0.4) is 0 Å². The van der Waals surface area contributed by atoms with E-state index in [0.717, 1.165) is 64.9 Å². The second-order valence-corrected chi connectivity index (χ2v) is 8.51. The van der Waals surface area contributed by atoms with Gasteiger partial charge in [-0.05, 0) is 37.6 Å². The maximum Gasteiger partial charge on any atom is 0.323 e. The summed E-state index contributed by atoms with van der Waals surface area (Å²) in [5.41, 5.74) is 3.40. The number of nitrogens with one attached hydrogen (secondary N) is 3. The molecule has 1 fully saturated rings. The first-order chi connectivity index (χ1) is 14.1. The summed E-state index contributed by atoms with van der Waals surface area (Å²) in [6.45, 7) is 8.21. The molecule has 1 aliphatic heterocycles. The van der Waals surface area contributed by atoms with Crippen molar-refractivity contribution in [2.24, 2.45) is 0 Å². The number of fused-ring (bicyclic) bond motifs is 2. The molecule has 1 aromatic carbocycles. The van der Waals surface area contributed by atoms with E-state index in [-0.39, 0.29) is 5.69 Å². The fourth-order valence-electron chi connectivity index (χ4n) is 3.66. The number of aromatic nitrogens is 4. The van der Waals surface area contributed by atoms with Crippen LogP contribution in [-0.4, -0.2) is 51.1 Å². The number of aryl methyl sites for hydroxylation is 2. The molecule has 4 aromatic rings. The number of hydrogen-bond donors (Lipinski definition) is 3. The summed E-state index contributed by atoms with van der Waals surface area (Å²) in [6, 6.07) is 5.74. The molecule has 4 heterocycles. The summed E-state index contributed by atoms with van der Waals surface area (Å²) < 4.78 is 5.45. The van der Waals surface area contributed by atoms with Gasteiger partial charge in [-0.3, -0.25) is 4.90 Å². The Hall–Kier alpha value is -2.75. The molecule has 0 aliphatic carbocycles. The van der Waals surface area contributed by atoms with Crippen molar-refractivity contribution in [1.29, 1.82) is 0 Å². The van der Waals surface area contributed by atoms with Crippen LogP contribution in [0.25, 0.3) is 21.3 Å². The van der Waals surface area contributed by atoms with Gasteiger partial charge in [0.2, 0.25) is 0 Å². The minimum Gasteiger partial charge on any atom is -0.379 e. The smallest absolute Gasteiger partial charge is 0.323 e. The van der Waals surface area contributed by atoms with Gasteiger partial charge < -0.3 is 20.0 Å². The number of nitrogens with zero attached hydrogens (tertiary/aromatic N) is 3. The second kappa shape index (κ2) is 7.25. The molecular weight excluding hydrogens is 388 g/mol. The first-order valence-electron chi connectivity index (χ1n) is 9.62. The van der Waals surface area contributed by atoms with Crippen LogP contribution in [0.2, 0.25) is 0 Å². The van der Waals surface area contributed by atoms with Gasteiger partial charge in [0.1, 0.15) is 16.5 Å². The largest absolute Gasteiger partial charge is 0.379 e. The molecular formula is C20H22N6O2S. The zero-order valence-corrected chi connectivity index (χ0v) is 17.2. The number of rotatable bonds is 4. The molecule has 1 aliphatic rings. The molecule has 3 aromatic heterocycles. The standard InChI is InChI=1S/C20H22N6O2S/c1-11-12(2)29-19-17(11)18(24-16(25-19)10-26-5-7-28-8-6-26)21-13-3-4-14-15(9-13)23-20(27)22-14/h3-4,9H,5-8,10H2,1-2H3,(H,21,24,25)(H2,22,23,27). The molecule has 9 heteroatoms. The van der Waals surface area contributed by atoms with Crippen molar-refractivity contribution in [3.8, 4) is 0 Å².